The number of hydrogen-bond donors (Lipinski definition) is 0. The predicted octanol–water partition coefficient (Wildman–Crippen LogP) is 4.21. The zero-order chi connectivity index (χ0) is 15.0. The first-order valence-corrected chi connectivity index (χ1v) is 4.44. The highest BCUT2D eigenvalue weighted by Gasteiger charge is 2.70. The predicted molar refractivity (Wildman–Crippen MR) is 34.0 cm³/mol. The summed E-state index contributed by atoms with van der Waals surface area (Å²) in [7, 11) is -5.08. The summed E-state index contributed by atoms with van der Waals surface area (Å²) in [6, 6.07) is 0. The Morgan fingerprint density at radius 1 is 0.667 bits per heavy atom. The largest absolute Gasteiger partial charge is 1.00 e. The standard InChI is InChI=1S/C4F10O3P/c5-1(6,7)3(11,12)16-18(15)17-4(13,14)2(8,9)10/q+1/p+2. The first-order chi connectivity index (χ1) is 7.60. The van der Waals surface area contributed by atoms with Gasteiger partial charge in [-0.2, -0.15) is 43.9 Å². The molecule has 0 aromatic rings. The van der Waals surface area contributed by atoms with Gasteiger partial charge in [0.1, 0.15) is 0 Å². The Kier molecular flexibility index (Phi) is 4.60. The first-order valence-electron chi connectivity index (χ1n) is 3.35. The molecular formula is C4H2F10O3P+3. The minimum atomic E-state index is -6.46. The van der Waals surface area contributed by atoms with Crippen LogP contribution in [0.15, 0.2) is 0 Å². The molecule has 0 fully saturated rings. The van der Waals surface area contributed by atoms with Crippen molar-refractivity contribution in [1.29, 1.82) is 0 Å². The number of halogens is 10. The zero-order valence-corrected chi connectivity index (χ0v) is 8.35. The minimum Gasteiger partial charge on any atom is -0.163 e. The van der Waals surface area contributed by atoms with Crippen molar-refractivity contribution in [2.24, 2.45) is 0 Å². The molecule has 0 rings (SSSR count). The molecule has 0 N–H and O–H groups in total. The van der Waals surface area contributed by atoms with Crippen LogP contribution in [0.5, 0.6) is 0 Å². The Morgan fingerprint density at radius 3 is 1.06 bits per heavy atom. The molecule has 0 radical (unpaired) electrons. The van der Waals surface area contributed by atoms with Gasteiger partial charge in [-0.3, -0.25) is 0 Å². The summed E-state index contributed by atoms with van der Waals surface area (Å²) in [5.41, 5.74) is 0. The van der Waals surface area contributed by atoms with Crippen molar-refractivity contribution in [1.82, 2.24) is 0 Å². The van der Waals surface area contributed by atoms with E-state index in [1.807, 2.05) is 0 Å². The lowest BCUT2D eigenvalue weighted by atomic mass is 10.6. The summed E-state index contributed by atoms with van der Waals surface area (Å²) < 4.78 is 130. The van der Waals surface area contributed by atoms with Gasteiger partial charge in [0.2, 0.25) is 0 Å². The van der Waals surface area contributed by atoms with Gasteiger partial charge in [-0.25, -0.2) is 0 Å². The third-order valence-corrected chi connectivity index (χ3v) is 1.80. The third-order valence-electron chi connectivity index (χ3n) is 1.04. The molecule has 14 heteroatoms. The number of alkyl halides is 10. The van der Waals surface area contributed by atoms with Gasteiger partial charge < -0.3 is 0 Å². The van der Waals surface area contributed by atoms with Gasteiger partial charge in [-0.15, -0.1) is 0 Å². The van der Waals surface area contributed by atoms with E-state index in [1.54, 1.807) is 0 Å². The molecule has 18 heavy (non-hydrogen) atoms. The normalized spacial score (nSPS) is 14.8. The third kappa shape index (κ3) is 4.21. The maximum absolute atomic E-state index is 11.9. The lowest BCUT2D eigenvalue weighted by Crippen LogP contribution is -2.40. The average molecular weight is 319 g/mol. The molecule has 108 valence electrons. The molecule has 0 saturated carbocycles. The second kappa shape index (κ2) is 4.78. The Balaban J connectivity index is -0.00000144. The van der Waals surface area contributed by atoms with Crippen molar-refractivity contribution >= 4 is 8.25 Å². The molecule has 0 heterocycles. The second-order valence-electron chi connectivity index (χ2n) is 2.44. The molecule has 0 spiro atoms. The van der Waals surface area contributed by atoms with Gasteiger partial charge in [-0.05, 0) is 9.05 Å². The van der Waals surface area contributed by atoms with Crippen molar-refractivity contribution in [3.8, 4) is 0 Å². The fourth-order valence-electron chi connectivity index (χ4n) is 0.309. The highest BCUT2D eigenvalue weighted by molar-refractivity contribution is 7.33. The Morgan fingerprint density at radius 2 is 0.889 bits per heavy atom. The molecule has 0 saturated heterocycles. The molecule has 0 aliphatic heterocycles. The van der Waals surface area contributed by atoms with E-state index in [0.717, 1.165) is 0 Å². The second-order valence-corrected chi connectivity index (χ2v) is 3.25. The van der Waals surface area contributed by atoms with E-state index < -0.39 is 32.8 Å². The number of hydrogen-bond acceptors (Lipinski definition) is 3. The van der Waals surface area contributed by atoms with Crippen LogP contribution in [0, 0.1) is 0 Å². The van der Waals surface area contributed by atoms with Crippen LogP contribution in [0.2, 0.25) is 0 Å². The SMILES string of the molecule is O=[P+](OC(F)(F)C(F)(F)F)OC(F)(F)C(F)(F)F.[H+].[H+]. The van der Waals surface area contributed by atoms with Crippen LogP contribution in [0.4, 0.5) is 43.9 Å². The van der Waals surface area contributed by atoms with Crippen molar-refractivity contribution < 1.29 is 60.4 Å². The van der Waals surface area contributed by atoms with Crippen molar-refractivity contribution in [3.63, 3.8) is 0 Å². The van der Waals surface area contributed by atoms with Crippen molar-refractivity contribution in [2.45, 2.75) is 24.6 Å². The molecule has 0 aromatic heterocycles. The summed E-state index contributed by atoms with van der Waals surface area (Å²) >= 11 is 0. The van der Waals surface area contributed by atoms with Crippen LogP contribution in [0.3, 0.4) is 0 Å². The molecule has 0 aliphatic carbocycles. The van der Waals surface area contributed by atoms with Crippen molar-refractivity contribution in [2.75, 3.05) is 0 Å². The molecule has 0 aromatic carbocycles. The van der Waals surface area contributed by atoms with E-state index in [1.165, 1.54) is 0 Å². The van der Waals surface area contributed by atoms with E-state index in [4.69, 9.17) is 0 Å². The van der Waals surface area contributed by atoms with Crippen LogP contribution in [0.1, 0.15) is 2.85 Å². The van der Waals surface area contributed by atoms with Crippen LogP contribution >= 0.6 is 8.25 Å². The quantitative estimate of drug-likeness (QED) is 0.575. The summed E-state index contributed by atoms with van der Waals surface area (Å²) in [5, 5.41) is 0. The molecule has 3 nitrogen and oxygen atoms in total. The van der Waals surface area contributed by atoms with Gasteiger partial charge in [0.25, 0.3) is 0 Å². The highest BCUT2D eigenvalue weighted by Crippen LogP contribution is 2.49. The fourth-order valence-corrected chi connectivity index (χ4v) is 0.928. The van der Waals surface area contributed by atoms with Crippen LogP contribution in [-0.2, 0) is 13.6 Å². The minimum absolute atomic E-state index is 0. The molecule has 0 amide bonds. The fraction of sp³-hybridized carbons (Fsp3) is 1.00. The molecule has 0 bridgehead atoms. The Hall–Kier alpha value is -0.680. The monoisotopic (exact) mass is 319 g/mol. The summed E-state index contributed by atoms with van der Waals surface area (Å²) in [6.07, 6.45) is -25.3. The topological polar surface area (TPSA) is 35.5 Å². The van der Waals surface area contributed by atoms with E-state index >= 15 is 0 Å². The van der Waals surface area contributed by atoms with Crippen LogP contribution in [0.25, 0.3) is 0 Å². The molecule has 0 unspecified atom stereocenters. The van der Waals surface area contributed by atoms with Crippen molar-refractivity contribution in [3.05, 3.63) is 0 Å². The molecular weight excluding hydrogens is 317 g/mol. The average Bonchev–Trinajstić information content (AvgIpc) is 1.95. The van der Waals surface area contributed by atoms with Gasteiger partial charge in [0, 0.05) is 4.57 Å². The van der Waals surface area contributed by atoms with Crippen LogP contribution < -0.4 is 0 Å². The van der Waals surface area contributed by atoms with E-state index in [9.17, 15) is 48.5 Å². The molecule has 0 aliphatic rings. The van der Waals surface area contributed by atoms with Crippen LogP contribution in [-0.4, -0.2) is 24.6 Å². The van der Waals surface area contributed by atoms with Gasteiger partial charge in [0.15, 0.2) is 0 Å². The lowest BCUT2D eigenvalue weighted by Gasteiger charge is -2.14. The number of rotatable bonds is 4. The van der Waals surface area contributed by atoms with E-state index in [2.05, 4.69) is 9.05 Å². The lowest BCUT2D eigenvalue weighted by molar-refractivity contribution is -0.379. The highest BCUT2D eigenvalue weighted by atomic mass is 31.1. The first kappa shape index (κ1) is 17.3. The Labute approximate surface area is 94.6 Å². The summed E-state index contributed by atoms with van der Waals surface area (Å²) in [5.74, 6) is 0. The zero-order valence-electron chi connectivity index (χ0n) is 9.45. The maximum atomic E-state index is 11.9. The Bertz CT molecular complexity index is 297. The summed E-state index contributed by atoms with van der Waals surface area (Å²) in [6.45, 7) is 0. The van der Waals surface area contributed by atoms with Gasteiger partial charge in [-0.1, -0.05) is 0 Å². The van der Waals surface area contributed by atoms with E-state index in [-0.39, 0.29) is 2.85 Å². The van der Waals surface area contributed by atoms with Gasteiger partial charge in [0.05, 0.1) is 0 Å². The summed E-state index contributed by atoms with van der Waals surface area (Å²) in [4.78, 5) is 0. The smallest absolute Gasteiger partial charge is 0.163 e. The van der Waals surface area contributed by atoms with Gasteiger partial charge >= 0.3 is 35.7 Å². The maximum Gasteiger partial charge on any atom is 1.00 e. The van der Waals surface area contributed by atoms with E-state index in [0.29, 0.717) is 0 Å². The molecule has 0 atom stereocenters.